The molecule has 0 saturated heterocycles. The van der Waals surface area contributed by atoms with E-state index in [1.165, 1.54) is 6.07 Å². The van der Waals surface area contributed by atoms with Crippen molar-refractivity contribution >= 4 is 0 Å². The number of rotatable bonds is 1. The van der Waals surface area contributed by atoms with E-state index in [9.17, 15) is 8.78 Å². The highest BCUT2D eigenvalue weighted by Gasteiger charge is 2.20. The van der Waals surface area contributed by atoms with E-state index in [0.29, 0.717) is 0 Å². The van der Waals surface area contributed by atoms with Gasteiger partial charge in [0.25, 0.3) is 0 Å². The van der Waals surface area contributed by atoms with Gasteiger partial charge in [-0.1, -0.05) is 0 Å². The van der Waals surface area contributed by atoms with E-state index in [1.54, 1.807) is 26.8 Å². The van der Waals surface area contributed by atoms with E-state index in [4.69, 9.17) is 10.00 Å². The Morgan fingerprint density at radius 3 is 2.33 bits per heavy atom. The second-order valence-corrected chi connectivity index (χ2v) is 4.06. The van der Waals surface area contributed by atoms with Gasteiger partial charge >= 0.3 is 0 Å². The minimum atomic E-state index is -1.12. The van der Waals surface area contributed by atoms with Crippen molar-refractivity contribution in [1.29, 1.82) is 5.26 Å². The molecule has 0 aliphatic rings. The van der Waals surface area contributed by atoms with Crippen molar-refractivity contribution in [3.05, 3.63) is 29.3 Å². The molecule has 0 N–H and O–H groups in total. The van der Waals surface area contributed by atoms with Gasteiger partial charge in [-0.3, -0.25) is 0 Å². The van der Waals surface area contributed by atoms with Crippen LogP contribution in [0.25, 0.3) is 0 Å². The molecule has 0 unspecified atom stereocenters. The van der Waals surface area contributed by atoms with Gasteiger partial charge in [-0.15, -0.1) is 0 Å². The maximum absolute atomic E-state index is 13.3. The summed E-state index contributed by atoms with van der Waals surface area (Å²) in [4.78, 5) is 0. The average molecular weight is 211 g/mol. The average Bonchev–Trinajstić information content (AvgIpc) is 2.11. The monoisotopic (exact) mass is 211 g/mol. The second kappa shape index (κ2) is 3.85. The third-order valence-electron chi connectivity index (χ3n) is 1.58. The zero-order valence-corrected chi connectivity index (χ0v) is 8.77. The van der Waals surface area contributed by atoms with Gasteiger partial charge in [0, 0.05) is 0 Å². The molecule has 15 heavy (non-hydrogen) atoms. The molecular weight excluding hydrogens is 200 g/mol. The molecule has 1 aromatic carbocycles. The van der Waals surface area contributed by atoms with E-state index in [1.807, 2.05) is 0 Å². The molecule has 0 bridgehead atoms. The number of nitrogens with zero attached hydrogens (tertiary/aromatic N) is 1. The Hall–Kier alpha value is -1.63. The Labute approximate surface area is 87.1 Å². The fraction of sp³-hybridized carbons (Fsp3) is 0.364. The van der Waals surface area contributed by atoms with Crippen molar-refractivity contribution < 1.29 is 13.5 Å². The fourth-order valence-corrected chi connectivity index (χ4v) is 1.03. The van der Waals surface area contributed by atoms with Crippen LogP contribution in [0.15, 0.2) is 12.1 Å². The number of nitriles is 1. The smallest absolute Gasteiger partial charge is 0.202 e. The van der Waals surface area contributed by atoms with Gasteiger partial charge in [0.1, 0.15) is 11.7 Å². The van der Waals surface area contributed by atoms with Crippen LogP contribution in [0.2, 0.25) is 0 Å². The molecule has 1 rings (SSSR count). The van der Waals surface area contributed by atoms with E-state index in [2.05, 4.69) is 0 Å². The van der Waals surface area contributed by atoms with E-state index in [0.717, 1.165) is 6.07 Å². The summed E-state index contributed by atoms with van der Waals surface area (Å²) >= 11 is 0. The predicted octanol–water partition coefficient (Wildman–Crippen LogP) is 3.01. The summed E-state index contributed by atoms with van der Waals surface area (Å²) in [6.07, 6.45) is 0. The van der Waals surface area contributed by atoms with Crippen LogP contribution in [0.1, 0.15) is 26.3 Å². The van der Waals surface area contributed by atoms with Gasteiger partial charge in [-0.25, -0.2) is 4.39 Å². The molecule has 0 heterocycles. The summed E-state index contributed by atoms with van der Waals surface area (Å²) in [6, 6.07) is 3.85. The number of hydrogen-bond donors (Lipinski definition) is 0. The lowest BCUT2D eigenvalue weighted by Crippen LogP contribution is -2.24. The first-order valence-electron chi connectivity index (χ1n) is 4.42. The number of benzene rings is 1. The van der Waals surface area contributed by atoms with Crippen molar-refractivity contribution in [1.82, 2.24) is 0 Å². The van der Waals surface area contributed by atoms with Crippen molar-refractivity contribution in [3.8, 4) is 11.8 Å². The van der Waals surface area contributed by atoms with Crippen molar-refractivity contribution in [2.45, 2.75) is 26.4 Å². The molecule has 0 spiro atoms. The molecule has 0 aromatic heterocycles. The van der Waals surface area contributed by atoms with Crippen LogP contribution in [0.3, 0.4) is 0 Å². The predicted molar refractivity (Wildman–Crippen MR) is 51.5 cm³/mol. The lowest BCUT2D eigenvalue weighted by Gasteiger charge is -2.22. The first-order chi connectivity index (χ1) is 6.85. The maximum atomic E-state index is 13.3. The van der Waals surface area contributed by atoms with Crippen LogP contribution in [-0.4, -0.2) is 5.60 Å². The molecule has 4 heteroatoms. The van der Waals surface area contributed by atoms with Crippen molar-refractivity contribution in [3.63, 3.8) is 0 Å². The molecule has 2 nitrogen and oxygen atoms in total. The molecule has 0 saturated carbocycles. The number of hydrogen-bond acceptors (Lipinski definition) is 2. The van der Waals surface area contributed by atoms with Gasteiger partial charge in [-0.05, 0) is 32.9 Å². The van der Waals surface area contributed by atoms with Crippen molar-refractivity contribution in [2.24, 2.45) is 0 Å². The summed E-state index contributed by atoms with van der Waals surface area (Å²) < 4.78 is 31.4. The van der Waals surface area contributed by atoms with Crippen LogP contribution >= 0.6 is 0 Å². The third kappa shape index (κ3) is 2.66. The Morgan fingerprint density at radius 2 is 1.87 bits per heavy atom. The normalized spacial score (nSPS) is 10.9. The Balaban J connectivity index is 3.26. The SMILES string of the molecule is CC(C)(C)Oc1c(C#N)ccc(F)c1F. The quantitative estimate of drug-likeness (QED) is 0.715. The lowest BCUT2D eigenvalue weighted by atomic mass is 10.1. The standard InChI is InChI=1S/C11H11F2NO/c1-11(2,3)15-10-7(6-14)4-5-8(12)9(10)13/h4-5H,1-3H3. The van der Waals surface area contributed by atoms with E-state index in [-0.39, 0.29) is 11.3 Å². The van der Waals surface area contributed by atoms with Crippen LogP contribution in [0.4, 0.5) is 8.78 Å². The summed E-state index contributed by atoms with van der Waals surface area (Å²) in [5.41, 5.74) is -0.691. The minimum absolute atomic E-state index is 0.0103. The third-order valence-corrected chi connectivity index (χ3v) is 1.58. The van der Waals surface area contributed by atoms with Crippen LogP contribution in [-0.2, 0) is 0 Å². The topological polar surface area (TPSA) is 33.0 Å². The van der Waals surface area contributed by atoms with E-state index >= 15 is 0 Å². The maximum Gasteiger partial charge on any atom is 0.202 e. The molecule has 0 amide bonds. The Morgan fingerprint density at radius 1 is 1.27 bits per heavy atom. The summed E-state index contributed by atoms with van der Waals surface area (Å²) in [5, 5.41) is 8.71. The molecule has 80 valence electrons. The molecule has 1 aromatic rings. The summed E-state index contributed by atoms with van der Waals surface area (Å²) in [6.45, 7) is 5.08. The number of ether oxygens (including phenoxy) is 1. The van der Waals surface area contributed by atoms with Gasteiger partial charge < -0.3 is 4.74 Å². The van der Waals surface area contributed by atoms with Gasteiger partial charge in [0.05, 0.1) is 5.56 Å². The highest BCUT2D eigenvalue weighted by molar-refractivity contribution is 5.44. The van der Waals surface area contributed by atoms with Crippen LogP contribution in [0, 0.1) is 23.0 Å². The zero-order chi connectivity index (χ0) is 11.6. The van der Waals surface area contributed by atoms with Crippen molar-refractivity contribution in [2.75, 3.05) is 0 Å². The van der Waals surface area contributed by atoms with Gasteiger partial charge in [0.15, 0.2) is 11.6 Å². The molecule has 0 aliphatic heterocycles. The molecule has 0 fully saturated rings. The first kappa shape index (κ1) is 11.4. The molecule has 0 atom stereocenters. The highest BCUT2D eigenvalue weighted by Crippen LogP contribution is 2.27. The van der Waals surface area contributed by atoms with Crippen LogP contribution < -0.4 is 4.74 Å². The van der Waals surface area contributed by atoms with Gasteiger partial charge in [0.2, 0.25) is 5.82 Å². The molecule has 0 aliphatic carbocycles. The Kier molecular flexibility index (Phi) is 2.94. The molecular formula is C11H11F2NO. The highest BCUT2D eigenvalue weighted by atomic mass is 19.2. The van der Waals surface area contributed by atoms with Crippen LogP contribution in [0.5, 0.6) is 5.75 Å². The fourth-order valence-electron chi connectivity index (χ4n) is 1.03. The minimum Gasteiger partial charge on any atom is -0.484 e. The van der Waals surface area contributed by atoms with Gasteiger partial charge in [-0.2, -0.15) is 9.65 Å². The largest absolute Gasteiger partial charge is 0.484 e. The second-order valence-electron chi connectivity index (χ2n) is 4.06. The molecule has 0 radical (unpaired) electrons. The lowest BCUT2D eigenvalue weighted by molar-refractivity contribution is 0.122. The summed E-state index contributed by atoms with van der Waals surface area (Å²) in [7, 11) is 0. The first-order valence-corrected chi connectivity index (χ1v) is 4.42. The Bertz CT molecular complexity index is 416. The van der Waals surface area contributed by atoms with E-state index < -0.39 is 17.2 Å². The summed E-state index contributed by atoms with van der Waals surface area (Å²) in [5.74, 6) is -2.47. The zero-order valence-electron chi connectivity index (χ0n) is 8.77. The number of halogens is 2.